The first-order valence-corrected chi connectivity index (χ1v) is 12.6. The van der Waals surface area contributed by atoms with Crippen LogP contribution in [0, 0.1) is 0 Å². The third kappa shape index (κ3) is 5.28. The Hall–Kier alpha value is -4.06. The van der Waals surface area contributed by atoms with E-state index >= 15 is 0 Å². The second-order valence-corrected chi connectivity index (χ2v) is 9.43. The van der Waals surface area contributed by atoms with Crippen molar-refractivity contribution in [3.05, 3.63) is 101 Å². The number of fused-ring (bicyclic) bond motifs is 1. The van der Waals surface area contributed by atoms with Gasteiger partial charge in [0.1, 0.15) is 0 Å². The average Bonchev–Trinajstić information content (AvgIpc) is 3.57. The quantitative estimate of drug-likeness (QED) is 0.305. The number of rotatable bonds is 9. The van der Waals surface area contributed by atoms with E-state index < -0.39 is 5.97 Å². The second-order valence-electron chi connectivity index (χ2n) is 9.43. The minimum absolute atomic E-state index is 0.0537. The number of anilines is 1. The summed E-state index contributed by atoms with van der Waals surface area (Å²) in [6, 6.07) is 24.2. The van der Waals surface area contributed by atoms with Gasteiger partial charge >= 0.3 is 5.97 Å². The zero-order valence-electron chi connectivity index (χ0n) is 20.2. The molecule has 0 radical (unpaired) electrons. The molecule has 3 aromatic carbocycles. The number of carboxylic acids is 1. The number of aromatic amines is 1. The van der Waals surface area contributed by atoms with Crippen LogP contribution in [-0.2, 0) is 22.4 Å². The van der Waals surface area contributed by atoms with Gasteiger partial charge in [0.25, 0.3) is 0 Å². The fraction of sp³-hybridized carbons (Fsp3) is 0.267. The summed E-state index contributed by atoms with van der Waals surface area (Å²) in [6.45, 7) is 2.07. The number of nitrogens with one attached hydrogen (secondary N) is 2. The van der Waals surface area contributed by atoms with Crippen molar-refractivity contribution in [2.24, 2.45) is 0 Å². The zero-order valence-corrected chi connectivity index (χ0v) is 20.2. The predicted octanol–water partition coefficient (Wildman–Crippen LogP) is 5.23. The molecule has 0 saturated carbocycles. The SMILES string of the molecule is O=C(O)CCc1c[nH]c2ccc(CC(=O)NC(c3ccccc3)c3ccccc3N3CCCC3)cc12. The molecule has 0 spiro atoms. The van der Waals surface area contributed by atoms with E-state index in [0.29, 0.717) is 6.42 Å². The lowest BCUT2D eigenvalue weighted by molar-refractivity contribution is -0.137. The van der Waals surface area contributed by atoms with E-state index in [1.54, 1.807) is 0 Å². The first kappa shape index (κ1) is 23.7. The van der Waals surface area contributed by atoms with E-state index in [4.69, 9.17) is 5.11 Å². The molecule has 36 heavy (non-hydrogen) atoms. The molecule has 0 aliphatic carbocycles. The van der Waals surface area contributed by atoms with Crippen molar-refractivity contribution in [3.63, 3.8) is 0 Å². The van der Waals surface area contributed by atoms with E-state index in [1.165, 1.54) is 18.5 Å². The zero-order chi connectivity index (χ0) is 24.9. The van der Waals surface area contributed by atoms with Crippen LogP contribution in [0.5, 0.6) is 0 Å². The molecule has 1 saturated heterocycles. The number of aryl methyl sites for hydroxylation is 1. The van der Waals surface area contributed by atoms with Crippen molar-refractivity contribution in [1.82, 2.24) is 10.3 Å². The number of hydrogen-bond acceptors (Lipinski definition) is 3. The summed E-state index contributed by atoms with van der Waals surface area (Å²) in [4.78, 5) is 30.0. The number of carbonyl (C=O) groups excluding carboxylic acids is 1. The number of carboxylic acid groups (broad SMARTS) is 1. The summed E-state index contributed by atoms with van der Waals surface area (Å²) in [7, 11) is 0. The Morgan fingerprint density at radius 3 is 2.50 bits per heavy atom. The van der Waals surface area contributed by atoms with Crippen molar-refractivity contribution in [2.75, 3.05) is 18.0 Å². The number of aromatic nitrogens is 1. The number of aliphatic carboxylic acids is 1. The van der Waals surface area contributed by atoms with Crippen LogP contribution in [0.1, 0.15) is 47.6 Å². The molecular weight excluding hydrogens is 450 g/mol. The number of para-hydroxylation sites is 1. The molecule has 1 aliphatic rings. The van der Waals surface area contributed by atoms with E-state index in [0.717, 1.165) is 46.2 Å². The Labute approximate surface area is 211 Å². The van der Waals surface area contributed by atoms with Gasteiger partial charge in [-0.2, -0.15) is 0 Å². The van der Waals surface area contributed by atoms with Gasteiger partial charge in [-0.05, 0) is 54.2 Å². The summed E-state index contributed by atoms with van der Waals surface area (Å²) in [6.07, 6.45) is 5.01. The molecule has 6 heteroatoms. The molecule has 4 aromatic rings. The third-order valence-corrected chi connectivity index (χ3v) is 6.94. The Balaban J connectivity index is 1.40. The van der Waals surface area contributed by atoms with Crippen LogP contribution in [0.4, 0.5) is 5.69 Å². The molecule has 184 valence electrons. The highest BCUT2D eigenvalue weighted by Crippen LogP contribution is 2.33. The van der Waals surface area contributed by atoms with Crippen molar-refractivity contribution < 1.29 is 14.7 Å². The van der Waals surface area contributed by atoms with Crippen molar-refractivity contribution in [1.29, 1.82) is 0 Å². The highest BCUT2D eigenvalue weighted by molar-refractivity contribution is 5.86. The monoisotopic (exact) mass is 481 g/mol. The largest absolute Gasteiger partial charge is 0.481 e. The summed E-state index contributed by atoms with van der Waals surface area (Å²) in [5.41, 5.74) is 6.14. The van der Waals surface area contributed by atoms with Gasteiger partial charge in [-0.25, -0.2) is 0 Å². The number of benzene rings is 3. The van der Waals surface area contributed by atoms with Crippen molar-refractivity contribution in [3.8, 4) is 0 Å². The summed E-state index contributed by atoms with van der Waals surface area (Å²) in [5.74, 6) is -0.872. The predicted molar refractivity (Wildman–Crippen MR) is 142 cm³/mol. The molecule has 6 nitrogen and oxygen atoms in total. The first-order valence-electron chi connectivity index (χ1n) is 12.6. The fourth-order valence-corrected chi connectivity index (χ4v) is 5.15. The number of carbonyl (C=O) groups is 2. The second kappa shape index (κ2) is 10.7. The van der Waals surface area contributed by atoms with Crippen LogP contribution in [0.3, 0.4) is 0 Å². The molecule has 2 heterocycles. The molecule has 0 bridgehead atoms. The number of nitrogens with zero attached hydrogens (tertiary/aromatic N) is 1. The molecule has 3 N–H and O–H groups in total. The van der Waals surface area contributed by atoms with Crippen LogP contribution in [-0.4, -0.2) is 35.1 Å². The molecule has 1 amide bonds. The van der Waals surface area contributed by atoms with E-state index in [9.17, 15) is 9.59 Å². The van der Waals surface area contributed by atoms with Crippen LogP contribution in [0.2, 0.25) is 0 Å². The Bertz CT molecular complexity index is 1360. The maximum atomic E-state index is 13.4. The van der Waals surface area contributed by atoms with E-state index in [-0.39, 0.29) is 24.8 Å². The van der Waals surface area contributed by atoms with Gasteiger partial charge in [0.2, 0.25) is 5.91 Å². The molecule has 1 fully saturated rings. The van der Waals surface area contributed by atoms with Crippen molar-refractivity contribution in [2.45, 2.75) is 38.1 Å². The Morgan fingerprint density at radius 1 is 0.972 bits per heavy atom. The van der Waals surface area contributed by atoms with Gasteiger partial charge in [-0.3, -0.25) is 9.59 Å². The number of hydrogen-bond donors (Lipinski definition) is 3. The number of amides is 1. The van der Waals surface area contributed by atoms with Crippen LogP contribution < -0.4 is 10.2 Å². The van der Waals surface area contributed by atoms with Gasteiger partial charge in [0.15, 0.2) is 0 Å². The topological polar surface area (TPSA) is 85.4 Å². The van der Waals surface area contributed by atoms with Gasteiger partial charge in [-0.15, -0.1) is 0 Å². The highest BCUT2D eigenvalue weighted by atomic mass is 16.4. The minimum atomic E-state index is -0.818. The van der Waals surface area contributed by atoms with Crippen LogP contribution >= 0.6 is 0 Å². The first-order chi connectivity index (χ1) is 17.6. The lowest BCUT2D eigenvalue weighted by Crippen LogP contribution is -2.32. The van der Waals surface area contributed by atoms with Crippen LogP contribution in [0.15, 0.2) is 79.0 Å². The summed E-state index contributed by atoms with van der Waals surface area (Å²) < 4.78 is 0. The molecule has 1 aliphatic heterocycles. The normalized spacial score (nSPS) is 14.2. The standard InChI is InChI=1S/C30H31N3O3/c34-28(19-21-12-14-26-25(18-21)23(20-31-26)13-15-29(35)36)32-30(22-8-2-1-3-9-22)24-10-4-5-11-27(24)33-16-6-7-17-33/h1-5,8-12,14,18,20,30-31H,6-7,13,15-17,19H2,(H,32,34)(H,35,36). The lowest BCUT2D eigenvalue weighted by atomic mass is 9.96. The van der Waals surface area contributed by atoms with E-state index in [2.05, 4.69) is 45.5 Å². The molecule has 1 unspecified atom stereocenters. The van der Waals surface area contributed by atoms with Gasteiger partial charge < -0.3 is 20.3 Å². The molecule has 5 rings (SSSR count). The average molecular weight is 482 g/mol. The van der Waals surface area contributed by atoms with Gasteiger partial charge in [0.05, 0.1) is 12.5 Å². The maximum absolute atomic E-state index is 13.4. The Morgan fingerprint density at radius 2 is 1.72 bits per heavy atom. The van der Waals surface area contributed by atoms with Crippen LogP contribution in [0.25, 0.3) is 10.9 Å². The third-order valence-electron chi connectivity index (χ3n) is 6.94. The molecule has 1 aromatic heterocycles. The highest BCUT2D eigenvalue weighted by Gasteiger charge is 2.23. The maximum Gasteiger partial charge on any atom is 0.303 e. The van der Waals surface area contributed by atoms with Gasteiger partial charge in [0, 0.05) is 47.9 Å². The van der Waals surface area contributed by atoms with Gasteiger partial charge in [-0.1, -0.05) is 54.6 Å². The summed E-state index contributed by atoms with van der Waals surface area (Å²) >= 11 is 0. The van der Waals surface area contributed by atoms with Crippen molar-refractivity contribution >= 4 is 28.5 Å². The lowest BCUT2D eigenvalue weighted by Gasteiger charge is -2.27. The number of H-pyrrole nitrogens is 1. The Kier molecular flexibility index (Phi) is 7.03. The minimum Gasteiger partial charge on any atom is -0.481 e. The summed E-state index contributed by atoms with van der Waals surface area (Å²) in [5, 5.41) is 13.3. The van der Waals surface area contributed by atoms with E-state index in [1.807, 2.05) is 48.7 Å². The molecule has 1 atom stereocenters. The fourth-order valence-electron chi connectivity index (χ4n) is 5.15. The molecular formula is C30H31N3O3. The smallest absolute Gasteiger partial charge is 0.303 e.